The standard InChI is InChI=1S/C14H11N3O2/c18-13-6-2-3-10-11(13)4-1-5-12(10)16-14(19)17-8-7-15-9-17/h1-9,18H,(H,16,19). The van der Waals surface area contributed by atoms with Crippen molar-refractivity contribution >= 4 is 22.5 Å². The van der Waals surface area contributed by atoms with Gasteiger partial charge in [0.2, 0.25) is 0 Å². The molecular weight excluding hydrogens is 242 g/mol. The number of rotatable bonds is 1. The fraction of sp³-hybridized carbons (Fsp3) is 0. The Morgan fingerprint density at radius 3 is 2.74 bits per heavy atom. The third-order valence-electron chi connectivity index (χ3n) is 2.88. The van der Waals surface area contributed by atoms with Crippen LogP contribution < -0.4 is 5.32 Å². The van der Waals surface area contributed by atoms with Crippen molar-refractivity contribution in [3.63, 3.8) is 0 Å². The zero-order valence-electron chi connectivity index (χ0n) is 9.95. The average molecular weight is 253 g/mol. The number of nitrogens with zero attached hydrogens (tertiary/aromatic N) is 2. The molecular formula is C14H11N3O2. The van der Waals surface area contributed by atoms with Gasteiger partial charge in [0, 0.05) is 23.2 Å². The van der Waals surface area contributed by atoms with Gasteiger partial charge < -0.3 is 10.4 Å². The minimum atomic E-state index is -0.298. The second kappa shape index (κ2) is 4.45. The predicted octanol–water partition coefficient (Wildman–Crippen LogP) is 2.82. The van der Waals surface area contributed by atoms with Crippen molar-refractivity contribution in [2.75, 3.05) is 5.32 Å². The molecule has 1 heterocycles. The number of phenols is 1. The van der Waals surface area contributed by atoms with Crippen molar-refractivity contribution in [1.29, 1.82) is 0 Å². The summed E-state index contributed by atoms with van der Waals surface area (Å²) in [6, 6.07) is 10.3. The summed E-state index contributed by atoms with van der Waals surface area (Å²) in [5.74, 6) is 0.191. The number of nitrogens with one attached hydrogen (secondary N) is 1. The maximum Gasteiger partial charge on any atom is 0.331 e. The van der Waals surface area contributed by atoms with E-state index in [-0.39, 0.29) is 11.8 Å². The number of aromatic hydroxyl groups is 1. The van der Waals surface area contributed by atoms with Gasteiger partial charge in [0.05, 0.1) is 5.69 Å². The second-order valence-corrected chi connectivity index (χ2v) is 4.08. The number of fused-ring (bicyclic) bond motifs is 1. The number of phenolic OH excluding ortho intramolecular Hbond substituents is 1. The Morgan fingerprint density at radius 2 is 1.95 bits per heavy atom. The van der Waals surface area contributed by atoms with Crippen molar-refractivity contribution in [3.05, 3.63) is 55.1 Å². The summed E-state index contributed by atoms with van der Waals surface area (Å²) in [5.41, 5.74) is 0.645. The average Bonchev–Trinajstić information content (AvgIpc) is 2.94. The normalized spacial score (nSPS) is 10.5. The molecule has 5 nitrogen and oxygen atoms in total. The lowest BCUT2D eigenvalue weighted by Gasteiger charge is -2.09. The van der Waals surface area contributed by atoms with E-state index in [0.717, 1.165) is 5.39 Å². The maximum atomic E-state index is 12.0. The predicted molar refractivity (Wildman–Crippen MR) is 72.3 cm³/mol. The van der Waals surface area contributed by atoms with E-state index in [1.54, 1.807) is 36.5 Å². The molecule has 0 aliphatic heterocycles. The van der Waals surface area contributed by atoms with E-state index in [1.807, 2.05) is 6.07 Å². The molecule has 0 fully saturated rings. The highest BCUT2D eigenvalue weighted by Crippen LogP contribution is 2.29. The van der Waals surface area contributed by atoms with E-state index in [2.05, 4.69) is 10.3 Å². The highest BCUT2D eigenvalue weighted by Gasteiger charge is 2.08. The first kappa shape index (κ1) is 11.3. The number of aromatic nitrogens is 2. The topological polar surface area (TPSA) is 67.2 Å². The Kier molecular flexibility index (Phi) is 2.64. The molecule has 0 aliphatic rings. The summed E-state index contributed by atoms with van der Waals surface area (Å²) in [7, 11) is 0. The lowest BCUT2D eigenvalue weighted by atomic mass is 10.1. The highest BCUT2D eigenvalue weighted by molar-refractivity contribution is 6.03. The SMILES string of the molecule is O=C(Nc1cccc2c(O)cccc12)n1ccnc1. The Hall–Kier alpha value is -2.82. The molecule has 5 heteroatoms. The van der Waals surface area contributed by atoms with Gasteiger partial charge in [-0.15, -0.1) is 0 Å². The van der Waals surface area contributed by atoms with E-state index < -0.39 is 0 Å². The number of hydrogen-bond donors (Lipinski definition) is 2. The van der Waals surface area contributed by atoms with Crippen LogP contribution in [0.2, 0.25) is 0 Å². The van der Waals surface area contributed by atoms with E-state index in [1.165, 1.54) is 17.1 Å². The summed E-state index contributed by atoms with van der Waals surface area (Å²) in [4.78, 5) is 15.8. The smallest absolute Gasteiger partial charge is 0.331 e. The first-order valence-corrected chi connectivity index (χ1v) is 5.76. The van der Waals surface area contributed by atoms with Gasteiger partial charge in [-0.25, -0.2) is 9.78 Å². The van der Waals surface area contributed by atoms with Crippen LogP contribution in [0.4, 0.5) is 10.5 Å². The number of amides is 1. The Labute approximate surface area is 109 Å². The molecule has 1 aromatic heterocycles. The van der Waals surface area contributed by atoms with E-state index in [9.17, 15) is 9.90 Å². The molecule has 2 N–H and O–H groups in total. The molecule has 0 unspecified atom stereocenters. The van der Waals surface area contributed by atoms with Crippen LogP contribution in [0.5, 0.6) is 5.75 Å². The van der Waals surface area contributed by atoms with Crippen LogP contribution in [0.1, 0.15) is 0 Å². The number of carbonyl (C=O) groups is 1. The lowest BCUT2D eigenvalue weighted by molar-refractivity contribution is 0.253. The van der Waals surface area contributed by atoms with Crippen molar-refractivity contribution < 1.29 is 9.90 Å². The summed E-state index contributed by atoms with van der Waals surface area (Å²) in [6.07, 6.45) is 4.53. The largest absolute Gasteiger partial charge is 0.507 e. The van der Waals surface area contributed by atoms with Crippen LogP contribution in [-0.4, -0.2) is 20.7 Å². The molecule has 0 saturated heterocycles. The van der Waals surface area contributed by atoms with E-state index >= 15 is 0 Å². The van der Waals surface area contributed by atoms with Gasteiger partial charge >= 0.3 is 6.03 Å². The first-order valence-electron chi connectivity index (χ1n) is 5.76. The molecule has 0 spiro atoms. The van der Waals surface area contributed by atoms with Gasteiger partial charge in [0.25, 0.3) is 0 Å². The van der Waals surface area contributed by atoms with Gasteiger partial charge in [-0.05, 0) is 12.1 Å². The first-order chi connectivity index (χ1) is 9.25. The van der Waals surface area contributed by atoms with E-state index in [4.69, 9.17) is 0 Å². The van der Waals surface area contributed by atoms with Crippen molar-refractivity contribution in [3.8, 4) is 5.75 Å². The number of carbonyl (C=O) groups excluding carboxylic acids is 1. The maximum absolute atomic E-state index is 12.0. The van der Waals surface area contributed by atoms with Gasteiger partial charge in [-0.1, -0.05) is 24.3 Å². The van der Waals surface area contributed by atoms with Crippen LogP contribution in [0.3, 0.4) is 0 Å². The van der Waals surface area contributed by atoms with Crippen molar-refractivity contribution in [1.82, 2.24) is 9.55 Å². The molecule has 0 bridgehead atoms. The molecule has 19 heavy (non-hydrogen) atoms. The molecule has 3 aromatic rings. The fourth-order valence-corrected chi connectivity index (χ4v) is 1.96. The molecule has 0 atom stereocenters. The quantitative estimate of drug-likeness (QED) is 0.700. The van der Waals surface area contributed by atoms with Gasteiger partial charge in [0.15, 0.2) is 0 Å². The summed E-state index contributed by atoms with van der Waals surface area (Å²) in [6.45, 7) is 0. The minimum absolute atomic E-state index is 0.191. The Morgan fingerprint density at radius 1 is 1.16 bits per heavy atom. The van der Waals surface area contributed by atoms with Gasteiger partial charge in [-0.3, -0.25) is 4.57 Å². The van der Waals surface area contributed by atoms with E-state index in [0.29, 0.717) is 11.1 Å². The number of hydrogen-bond acceptors (Lipinski definition) is 3. The van der Waals surface area contributed by atoms with Crippen LogP contribution in [0.25, 0.3) is 10.8 Å². The lowest BCUT2D eigenvalue weighted by Crippen LogP contribution is -2.17. The molecule has 1 amide bonds. The van der Waals surface area contributed by atoms with Gasteiger partial charge in [0.1, 0.15) is 12.1 Å². The minimum Gasteiger partial charge on any atom is -0.507 e. The highest BCUT2D eigenvalue weighted by atomic mass is 16.3. The molecule has 0 aliphatic carbocycles. The van der Waals surface area contributed by atoms with Crippen molar-refractivity contribution in [2.45, 2.75) is 0 Å². The van der Waals surface area contributed by atoms with Crippen molar-refractivity contribution in [2.24, 2.45) is 0 Å². The van der Waals surface area contributed by atoms with Crippen LogP contribution in [0, 0.1) is 0 Å². The zero-order valence-corrected chi connectivity index (χ0v) is 9.95. The molecule has 0 saturated carbocycles. The van der Waals surface area contributed by atoms with Crippen LogP contribution >= 0.6 is 0 Å². The molecule has 2 aromatic carbocycles. The summed E-state index contributed by atoms with van der Waals surface area (Å²) < 4.78 is 1.35. The third kappa shape index (κ3) is 2.01. The fourth-order valence-electron chi connectivity index (χ4n) is 1.96. The third-order valence-corrected chi connectivity index (χ3v) is 2.88. The summed E-state index contributed by atoms with van der Waals surface area (Å²) >= 11 is 0. The van der Waals surface area contributed by atoms with Gasteiger partial charge in [-0.2, -0.15) is 0 Å². The second-order valence-electron chi connectivity index (χ2n) is 4.08. The number of anilines is 1. The number of benzene rings is 2. The molecule has 3 rings (SSSR count). The summed E-state index contributed by atoms with van der Waals surface area (Å²) in [5, 5.41) is 14.1. The molecule has 94 valence electrons. The zero-order chi connectivity index (χ0) is 13.2. The Bertz CT molecular complexity index is 736. The Balaban J connectivity index is 2.02. The van der Waals surface area contributed by atoms with Crippen LogP contribution in [0.15, 0.2) is 55.1 Å². The number of imidazole rings is 1. The monoisotopic (exact) mass is 253 g/mol. The molecule has 0 radical (unpaired) electrons. The van der Waals surface area contributed by atoms with Crippen LogP contribution in [-0.2, 0) is 0 Å².